The number of carbonyl (C=O) groups is 2. The Balaban J connectivity index is 2.42. The molecule has 0 spiro atoms. The summed E-state index contributed by atoms with van der Waals surface area (Å²) in [5.74, 6) is -1.11. The summed E-state index contributed by atoms with van der Waals surface area (Å²) in [7, 11) is -4.02. The van der Waals surface area contributed by atoms with Crippen LogP contribution in [0.4, 0.5) is 11.4 Å². The van der Waals surface area contributed by atoms with Gasteiger partial charge in [0.2, 0.25) is 21.8 Å². The van der Waals surface area contributed by atoms with E-state index < -0.39 is 39.3 Å². The quantitative estimate of drug-likeness (QED) is 0.238. The molecular formula is C23H28Cl2N4O6S. The van der Waals surface area contributed by atoms with Gasteiger partial charge >= 0.3 is 0 Å². The molecule has 0 radical (unpaired) electrons. The Morgan fingerprint density at radius 3 is 2.44 bits per heavy atom. The average molecular weight is 559 g/mol. The van der Waals surface area contributed by atoms with Crippen molar-refractivity contribution in [1.29, 1.82) is 0 Å². The smallest absolute Gasteiger partial charge is 0.271 e. The van der Waals surface area contributed by atoms with Crippen LogP contribution in [-0.4, -0.2) is 55.4 Å². The number of hydrogen-bond donors (Lipinski definition) is 1. The van der Waals surface area contributed by atoms with Crippen LogP contribution in [-0.2, 0) is 26.2 Å². The molecule has 0 unspecified atom stereocenters. The number of nitro benzene ring substituents is 1. The van der Waals surface area contributed by atoms with Gasteiger partial charge in [-0.2, -0.15) is 0 Å². The Hall–Kier alpha value is -2.89. The van der Waals surface area contributed by atoms with E-state index in [1.807, 2.05) is 6.92 Å². The Morgan fingerprint density at radius 1 is 1.17 bits per heavy atom. The fourth-order valence-corrected chi connectivity index (χ4v) is 4.64. The Kier molecular flexibility index (Phi) is 10.5. The lowest BCUT2D eigenvalue weighted by Crippen LogP contribution is -2.51. The summed E-state index contributed by atoms with van der Waals surface area (Å²) in [6.45, 7) is 3.15. The molecule has 10 nitrogen and oxygen atoms in total. The van der Waals surface area contributed by atoms with Crippen LogP contribution in [0.15, 0.2) is 42.5 Å². The van der Waals surface area contributed by atoms with E-state index in [-0.39, 0.29) is 22.9 Å². The van der Waals surface area contributed by atoms with Gasteiger partial charge in [-0.15, -0.1) is 0 Å². The summed E-state index contributed by atoms with van der Waals surface area (Å²) in [5.41, 5.74) is 0.121. The van der Waals surface area contributed by atoms with Crippen LogP contribution in [0.1, 0.15) is 32.3 Å². The molecule has 0 saturated heterocycles. The first-order valence-electron chi connectivity index (χ1n) is 11.1. The molecule has 36 heavy (non-hydrogen) atoms. The molecule has 0 heterocycles. The van der Waals surface area contributed by atoms with Gasteiger partial charge in [0.1, 0.15) is 12.6 Å². The number of non-ortho nitro benzene ring substituents is 1. The highest BCUT2D eigenvalue weighted by Crippen LogP contribution is 2.26. The highest BCUT2D eigenvalue weighted by atomic mass is 35.5. The second-order valence-corrected chi connectivity index (χ2v) is 10.9. The van der Waals surface area contributed by atoms with Crippen LogP contribution in [0.25, 0.3) is 0 Å². The number of nitro groups is 1. The molecule has 1 atom stereocenters. The van der Waals surface area contributed by atoms with Crippen molar-refractivity contribution in [3.63, 3.8) is 0 Å². The minimum Gasteiger partial charge on any atom is -0.354 e. The van der Waals surface area contributed by atoms with Gasteiger partial charge in [0, 0.05) is 35.3 Å². The van der Waals surface area contributed by atoms with Crippen molar-refractivity contribution in [1.82, 2.24) is 10.2 Å². The molecule has 2 rings (SSSR count). The molecule has 196 valence electrons. The minimum absolute atomic E-state index is 0.0513. The van der Waals surface area contributed by atoms with E-state index >= 15 is 0 Å². The molecule has 0 saturated carbocycles. The standard InChI is InChI=1S/C23H28Cl2N4O6S/c1-4-5-11-26-23(31)16(2)27(14-17-9-10-18(24)12-21(17)25)22(30)15-28(36(3,34)35)19-7-6-8-20(13-19)29(32)33/h6-10,12-13,16H,4-5,11,14-15H2,1-3H3,(H,26,31)/t16-/m1/s1. The largest absolute Gasteiger partial charge is 0.354 e. The lowest BCUT2D eigenvalue weighted by molar-refractivity contribution is -0.384. The van der Waals surface area contributed by atoms with Gasteiger partial charge in [-0.1, -0.05) is 48.7 Å². The number of rotatable bonds is 12. The average Bonchev–Trinajstić information content (AvgIpc) is 2.81. The van der Waals surface area contributed by atoms with Crippen molar-refractivity contribution < 1.29 is 22.9 Å². The third-order valence-electron chi connectivity index (χ3n) is 5.36. The second kappa shape index (κ2) is 12.9. The van der Waals surface area contributed by atoms with E-state index in [0.717, 1.165) is 29.5 Å². The maximum absolute atomic E-state index is 13.5. The van der Waals surface area contributed by atoms with Crippen molar-refractivity contribution in [2.75, 3.05) is 23.7 Å². The number of benzene rings is 2. The molecule has 0 aliphatic heterocycles. The van der Waals surface area contributed by atoms with Crippen LogP contribution in [0.3, 0.4) is 0 Å². The Labute approximate surface area is 220 Å². The second-order valence-electron chi connectivity index (χ2n) is 8.12. The van der Waals surface area contributed by atoms with Gasteiger partial charge in [0.05, 0.1) is 16.9 Å². The summed E-state index contributed by atoms with van der Waals surface area (Å²) < 4.78 is 25.9. The number of anilines is 1. The number of amides is 2. The topological polar surface area (TPSA) is 130 Å². The lowest BCUT2D eigenvalue weighted by Gasteiger charge is -2.31. The van der Waals surface area contributed by atoms with Crippen LogP contribution in [0.2, 0.25) is 10.0 Å². The third kappa shape index (κ3) is 8.07. The van der Waals surface area contributed by atoms with E-state index in [1.54, 1.807) is 12.1 Å². The molecule has 0 bridgehead atoms. The van der Waals surface area contributed by atoms with Gasteiger partial charge in [-0.3, -0.25) is 24.0 Å². The monoisotopic (exact) mass is 558 g/mol. The summed E-state index contributed by atoms with van der Waals surface area (Å²) in [4.78, 5) is 38.0. The zero-order valence-corrected chi connectivity index (χ0v) is 22.4. The minimum atomic E-state index is -4.02. The molecule has 13 heteroatoms. The summed E-state index contributed by atoms with van der Waals surface area (Å²) in [6.07, 6.45) is 2.51. The molecule has 0 aliphatic rings. The van der Waals surface area contributed by atoms with Crippen molar-refractivity contribution in [3.05, 3.63) is 68.2 Å². The predicted molar refractivity (Wildman–Crippen MR) is 140 cm³/mol. The van der Waals surface area contributed by atoms with Crippen molar-refractivity contribution in [3.8, 4) is 0 Å². The zero-order chi connectivity index (χ0) is 27.0. The number of nitrogens with zero attached hydrogens (tertiary/aromatic N) is 3. The van der Waals surface area contributed by atoms with Gasteiger partial charge in [0.25, 0.3) is 5.69 Å². The summed E-state index contributed by atoms with van der Waals surface area (Å²) in [5, 5.41) is 14.6. The van der Waals surface area contributed by atoms with Crippen LogP contribution in [0, 0.1) is 10.1 Å². The van der Waals surface area contributed by atoms with Crippen molar-refractivity contribution >= 4 is 56.4 Å². The van der Waals surface area contributed by atoms with Gasteiger partial charge < -0.3 is 10.2 Å². The van der Waals surface area contributed by atoms with Gasteiger partial charge in [0.15, 0.2) is 0 Å². The SMILES string of the molecule is CCCCNC(=O)[C@@H](C)N(Cc1ccc(Cl)cc1Cl)C(=O)CN(c1cccc([N+](=O)[O-])c1)S(C)(=O)=O. The summed E-state index contributed by atoms with van der Waals surface area (Å²) >= 11 is 12.3. The first-order valence-corrected chi connectivity index (χ1v) is 13.7. The molecule has 2 aromatic carbocycles. The van der Waals surface area contributed by atoms with E-state index in [1.165, 1.54) is 36.1 Å². The number of carbonyl (C=O) groups excluding carboxylic acids is 2. The maximum Gasteiger partial charge on any atom is 0.271 e. The Morgan fingerprint density at radius 2 is 1.86 bits per heavy atom. The fraction of sp³-hybridized carbons (Fsp3) is 0.391. The number of sulfonamides is 1. The van der Waals surface area contributed by atoms with E-state index in [4.69, 9.17) is 23.2 Å². The van der Waals surface area contributed by atoms with Crippen LogP contribution in [0.5, 0.6) is 0 Å². The third-order valence-corrected chi connectivity index (χ3v) is 7.09. The van der Waals surface area contributed by atoms with Crippen molar-refractivity contribution in [2.45, 2.75) is 39.3 Å². The molecule has 0 fully saturated rings. The highest BCUT2D eigenvalue weighted by Gasteiger charge is 2.30. The molecule has 0 aromatic heterocycles. The molecule has 2 aromatic rings. The lowest BCUT2D eigenvalue weighted by atomic mass is 10.1. The normalized spacial score (nSPS) is 12.0. The number of hydrogen-bond acceptors (Lipinski definition) is 6. The van der Waals surface area contributed by atoms with E-state index in [9.17, 15) is 28.1 Å². The van der Waals surface area contributed by atoms with E-state index in [2.05, 4.69) is 5.32 Å². The molecule has 1 N–H and O–H groups in total. The van der Waals surface area contributed by atoms with E-state index in [0.29, 0.717) is 17.1 Å². The van der Waals surface area contributed by atoms with Crippen LogP contribution >= 0.6 is 23.2 Å². The number of unbranched alkanes of at least 4 members (excludes halogenated alkanes) is 1. The fourth-order valence-electron chi connectivity index (χ4n) is 3.33. The molecule has 0 aliphatic carbocycles. The Bertz CT molecular complexity index is 1220. The predicted octanol–water partition coefficient (Wildman–Crippen LogP) is 4.00. The molecular weight excluding hydrogens is 531 g/mol. The zero-order valence-electron chi connectivity index (χ0n) is 20.1. The number of nitrogens with one attached hydrogen (secondary N) is 1. The summed E-state index contributed by atoms with van der Waals surface area (Å²) in [6, 6.07) is 8.68. The maximum atomic E-state index is 13.5. The molecule has 2 amide bonds. The van der Waals surface area contributed by atoms with Gasteiger partial charge in [-0.05, 0) is 37.1 Å². The highest BCUT2D eigenvalue weighted by molar-refractivity contribution is 7.92. The van der Waals surface area contributed by atoms with Gasteiger partial charge in [-0.25, -0.2) is 8.42 Å². The van der Waals surface area contributed by atoms with Crippen molar-refractivity contribution in [2.24, 2.45) is 0 Å². The number of halogens is 2. The first kappa shape index (κ1) is 29.3. The first-order chi connectivity index (χ1) is 16.8. The van der Waals surface area contributed by atoms with Crippen LogP contribution < -0.4 is 9.62 Å².